The summed E-state index contributed by atoms with van der Waals surface area (Å²) >= 11 is 0. The number of aryl methyl sites for hydroxylation is 1. The first-order valence-electron chi connectivity index (χ1n) is 9.16. The molecule has 0 spiro atoms. The van der Waals surface area contributed by atoms with E-state index >= 15 is 0 Å². The molecule has 2 heterocycles. The van der Waals surface area contributed by atoms with E-state index < -0.39 is 27.8 Å². The van der Waals surface area contributed by atoms with Crippen molar-refractivity contribution >= 4 is 27.1 Å². The number of nitrogens with one attached hydrogen (secondary N) is 1. The van der Waals surface area contributed by atoms with Gasteiger partial charge in [-0.25, -0.2) is 27.7 Å². The van der Waals surface area contributed by atoms with Gasteiger partial charge in [-0.15, -0.1) is 0 Å². The van der Waals surface area contributed by atoms with Crippen LogP contribution in [0, 0.1) is 6.92 Å². The second-order valence-electron chi connectivity index (χ2n) is 6.96. The number of carbonyl (C=O) groups is 1. The summed E-state index contributed by atoms with van der Waals surface area (Å²) < 4.78 is 36.9. The van der Waals surface area contributed by atoms with Crippen molar-refractivity contribution in [3.8, 4) is 5.75 Å². The van der Waals surface area contributed by atoms with Crippen molar-refractivity contribution in [2.24, 2.45) is 5.73 Å². The molecule has 0 aliphatic rings. The normalized spacial score (nSPS) is 12.5. The molecule has 0 bridgehead atoms. The predicted molar refractivity (Wildman–Crippen MR) is 113 cm³/mol. The maximum atomic E-state index is 12.7. The lowest BCUT2D eigenvalue weighted by Gasteiger charge is -2.16. The number of carbonyl (C=O) groups excluding carboxylic acids is 1. The van der Waals surface area contributed by atoms with Gasteiger partial charge in [-0.05, 0) is 49.4 Å². The summed E-state index contributed by atoms with van der Waals surface area (Å²) in [4.78, 5) is 29.6. The number of amides is 1. The molecule has 3 N–H and O–H groups in total. The van der Waals surface area contributed by atoms with E-state index in [2.05, 4.69) is 9.71 Å². The van der Waals surface area contributed by atoms with Gasteiger partial charge >= 0.3 is 11.7 Å². The molecule has 1 amide bonds. The summed E-state index contributed by atoms with van der Waals surface area (Å²) in [5.74, 6) is 0.224. The third-order valence-electron chi connectivity index (χ3n) is 4.73. The molecule has 31 heavy (non-hydrogen) atoms. The minimum Gasteiger partial charge on any atom is -0.422 e. The summed E-state index contributed by atoms with van der Waals surface area (Å²) in [7, 11) is 0.597. The molecule has 10 nitrogen and oxygen atoms in total. The molecule has 11 heteroatoms. The summed E-state index contributed by atoms with van der Waals surface area (Å²) in [6.07, 6.45) is 0.741. The minimum atomic E-state index is -3.78. The molecule has 1 aromatic carbocycles. The van der Waals surface area contributed by atoms with Gasteiger partial charge in [-0.2, -0.15) is 0 Å². The Balaban J connectivity index is 2.06. The van der Waals surface area contributed by atoms with E-state index in [-0.39, 0.29) is 21.9 Å². The smallest absolute Gasteiger partial charge is 0.414 e. The van der Waals surface area contributed by atoms with Gasteiger partial charge in [0.25, 0.3) is 10.0 Å². The lowest BCUT2D eigenvalue weighted by molar-refractivity contribution is 0.172. The van der Waals surface area contributed by atoms with Crippen molar-refractivity contribution in [2.45, 2.75) is 18.0 Å². The molecule has 0 aliphatic carbocycles. The second-order valence-corrected chi connectivity index (χ2v) is 8.79. The van der Waals surface area contributed by atoms with Crippen LogP contribution in [0.25, 0.3) is 11.0 Å². The second kappa shape index (κ2) is 8.46. The first kappa shape index (κ1) is 22.4. The molecule has 0 saturated heterocycles. The molecule has 164 valence electrons. The van der Waals surface area contributed by atoms with Crippen LogP contribution in [0.3, 0.4) is 0 Å². The molecule has 3 rings (SSSR count). The quantitative estimate of drug-likeness (QED) is 0.561. The number of nitrogens with zero attached hydrogens (tertiary/aromatic N) is 2. The summed E-state index contributed by atoms with van der Waals surface area (Å²) in [6, 6.07) is 6.59. The van der Waals surface area contributed by atoms with Crippen LogP contribution >= 0.6 is 0 Å². The number of benzene rings is 1. The minimum absolute atomic E-state index is 0.185. The summed E-state index contributed by atoms with van der Waals surface area (Å²) in [6.45, 7) is 1.71. The number of rotatable bonds is 5. The van der Waals surface area contributed by atoms with E-state index in [9.17, 15) is 18.0 Å². The Bertz CT molecular complexity index is 1320. The lowest BCUT2D eigenvalue weighted by atomic mass is 9.96. The molecule has 0 aliphatic heterocycles. The Labute approximate surface area is 178 Å². The third kappa shape index (κ3) is 4.43. The molecule has 1 atom stereocenters. The van der Waals surface area contributed by atoms with Gasteiger partial charge in [0.05, 0.1) is 11.6 Å². The highest BCUT2D eigenvalue weighted by Crippen LogP contribution is 2.28. The zero-order valence-electron chi connectivity index (χ0n) is 17.4. The number of hydrogen-bond donors (Lipinski definition) is 2. The maximum absolute atomic E-state index is 12.7. The van der Waals surface area contributed by atoms with Crippen LogP contribution in [0.2, 0.25) is 0 Å². The standard InChI is InChI=1S/C20H22N4O6S/c1-11-14-6-5-13(29-20(26)24(3)4)10-15(14)30-19(25)17(11)18(21)12-7-8-23-16(9-12)31(27,28)22-2/h5-10,18,22H,21H2,1-4H3. The van der Waals surface area contributed by atoms with Crippen molar-refractivity contribution in [1.82, 2.24) is 14.6 Å². The van der Waals surface area contributed by atoms with E-state index in [0.29, 0.717) is 16.5 Å². The highest BCUT2D eigenvalue weighted by molar-refractivity contribution is 7.89. The van der Waals surface area contributed by atoms with Crippen molar-refractivity contribution in [3.63, 3.8) is 0 Å². The van der Waals surface area contributed by atoms with Gasteiger partial charge in [-0.3, -0.25) is 0 Å². The van der Waals surface area contributed by atoms with Crippen LogP contribution in [-0.2, 0) is 10.0 Å². The van der Waals surface area contributed by atoms with E-state index in [1.54, 1.807) is 33.2 Å². The zero-order chi connectivity index (χ0) is 22.9. The maximum Gasteiger partial charge on any atom is 0.414 e. The number of hydrogen-bond acceptors (Lipinski definition) is 8. The number of pyridine rings is 1. The van der Waals surface area contributed by atoms with Crippen LogP contribution in [0.15, 0.2) is 50.8 Å². The molecule has 0 radical (unpaired) electrons. The van der Waals surface area contributed by atoms with Crippen LogP contribution in [0.1, 0.15) is 22.7 Å². The predicted octanol–water partition coefficient (Wildman–Crippen LogP) is 1.51. The molecule has 0 fully saturated rings. The van der Waals surface area contributed by atoms with Gasteiger partial charge in [0, 0.05) is 31.7 Å². The van der Waals surface area contributed by atoms with E-state index in [1.165, 1.54) is 36.3 Å². The highest BCUT2D eigenvalue weighted by atomic mass is 32.2. The first-order valence-corrected chi connectivity index (χ1v) is 10.6. The largest absolute Gasteiger partial charge is 0.422 e. The summed E-state index contributed by atoms with van der Waals surface area (Å²) in [5, 5.41) is 0.393. The molecular formula is C20H22N4O6S. The van der Waals surface area contributed by atoms with Crippen molar-refractivity contribution in [3.05, 3.63) is 63.6 Å². The van der Waals surface area contributed by atoms with Gasteiger partial charge in [0.15, 0.2) is 5.03 Å². The molecule has 2 aromatic heterocycles. The molecular weight excluding hydrogens is 424 g/mol. The summed E-state index contributed by atoms with van der Waals surface area (Å²) in [5.41, 5.74) is 7.01. The Morgan fingerprint density at radius 3 is 2.61 bits per heavy atom. The zero-order valence-corrected chi connectivity index (χ0v) is 18.2. The van der Waals surface area contributed by atoms with Gasteiger partial charge in [0.1, 0.15) is 11.3 Å². The van der Waals surface area contributed by atoms with Gasteiger partial charge in [0.2, 0.25) is 0 Å². The number of sulfonamides is 1. The average molecular weight is 446 g/mol. The monoisotopic (exact) mass is 446 g/mol. The fraction of sp³-hybridized carbons (Fsp3) is 0.250. The van der Waals surface area contributed by atoms with Crippen molar-refractivity contribution in [1.29, 1.82) is 0 Å². The molecule has 1 unspecified atom stereocenters. The fourth-order valence-corrected chi connectivity index (χ4v) is 3.70. The fourth-order valence-electron chi connectivity index (χ4n) is 3.00. The average Bonchev–Trinajstić information content (AvgIpc) is 2.73. The van der Waals surface area contributed by atoms with E-state index in [1.807, 2.05) is 0 Å². The van der Waals surface area contributed by atoms with Gasteiger partial charge in [-0.1, -0.05) is 0 Å². The van der Waals surface area contributed by atoms with E-state index in [0.717, 1.165) is 0 Å². The number of aromatic nitrogens is 1. The number of nitrogens with two attached hydrogens (primary N) is 1. The van der Waals surface area contributed by atoms with Crippen LogP contribution in [0.5, 0.6) is 5.75 Å². The first-order chi connectivity index (χ1) is 14.5. The van der Waals surface area contributed by atoms with Crippen molar-refractivity contribution < 1.29 is 22.4 Å². The number of fused-ring (bicyclic) bond motifs is 1. The van der Waals surface area contributed by atoms with Crippen LogP contribution < -0.4 is 20.8 Å². The third-order valence-corrected chi connectivity index (χ3v) is 6.04. The Hall–Kier alpha value is -3.28. The van der Waals surface area contributed by atoms with Gasteiger partial charge < -0.3 is 19.8 Å². The van der Waals surface area contributed by atoms with Crippen molar-refractivity contribution in [2.75, 3.05) is 21.1 Å². The lowest BCUT2D eigenvalue weighted by Crippen LogP contribution is -2.25. The molecule has 3 aromatic rings. The number of ether oxygens (including phenoxy) is 1. The highest BCUT2D eigenvalue weighted by Gasteiger charge is 2.22. The topological polar surface area (TPSA) is 145 Å². The Morgan fingerprint density at radius 1 is 1.26 bits per heavy atom. The van der Waals surface area contributed by atoms with Crippen LogP contribution in [-0.4, -0.2) is 45.5 Å². The van der Waals surface area contributed by atoms with Crippen LogP contribution in [0.4, 0.5) is 4.79 Å². The Kier molecular flexibility index (Phi) is 6.11. The van der Waals surface area contributed by atoms with E-state index in [4.69, 9.17) is 14.9 Å². The molecule has 0 saturated carbocycles. The Morgan fingerprint density at radius 2 is 1.97 bits per heavy atom. The SMILES string of the molecule is CNS(=O)(=O)c1cc(C(N)c2c(C)c3ccc(OC(=O)N(C)C)cc3oc2=O)ccn1.